The van der Waals surface area contributed by atoms with Gasteiger partial charge in [-0.05, 0) is 20.2 Å². The number of likely N-dealkylation sites (N-methyl/N-ethyl adjacent to an activating group) is 2. The van der Waals surface area contributed by atoms with Crippen LogP contribution in [0.1, 0.15) is 0 Å². The zero-order chi connectivity index (χ0) is 11.4. The molecule has 0 aromatic carbocycles. The van der Waals surface area contributed by atoms with E-state index in [2.05, 4.69) is 25.5 Å². The van der Waals surface area contributed by atoms with Gasteiger partial charge in [0, 0.05) is 12.4 Å². The molecule has 1 aliphatic rings. The van der Waals surface area contributed by atoms with Gasteiger partial charge < -0.3 is 9.64 Å². The fraction of sp³-hybridized carbons (Fsp3) is 0.600. The van der Waals surface area contributed by atoms with Crippen LogP contribution in [0.15, 0.2) is 18.5 Å². The van der Waals surface area contributed by atoms with E-state index >= 15 is 0 Å². The number of hydrogen-bond donors (Lipinski definition) is 2. The van der Waals surface area contributed by atoms with Gasteiger partial charge in [-0.2, -0.15) is 0 Å². The van der Waals surface area contributed by atoms with Crippen molar-refractivity contribution in [2.24, 2.45) is 0 Å². The van der Waals surface area contributed by atoms with Crippen molar-refractivity contribution in [3.8, 4) is 0 Å². The lowest BCUT2D eigenvalue weighted by Crippen LogP contribution is -2.56. The van der Waals surface area contributed by atoms with E-state index in [0.717, 1.165) is 19.0 Å². The zero-order valence-corrected chi connectivity index (χ0v) is 9.55. The molecule has 6 heteroatoms. The highest BCUT2D eigenvalue weighted by Gasteiger charge is 2.27. The van der Waals surface area contributed by atoms with Gasteiger partial charge in [-0.25, -0.2) is 9.97 Å². The first-order chi connectivity index (χ1) is 7.83. The molecule has 2 N–H and O–H groups in total. The minimum Gasteiger partial charge on any atom is -0.342 e. The van der Waals surface area contributed by atoms with Crippen LogP contribution in [0.2, 0.25) is 0 Å². The maximum atomic E-state index is 5.72. The van der Waals surface area contributed by atoms with Gasteiger partial charge in [0.25, 0.3) is 0 Å². The van der Waals surface area contributed by atoms with Gasteiger partial charge in [-0.15, -0.1) is 0 Å². The summed E-state index contributed by atoms with van der Waals surface area (Å²) in [5, 5.41) is 6.22. The van der Waals surface area contributed by atoms with Crippen molar-refractivity contribution in [2.75, 3.05) is 32.1 Å². The molecule has 1 fully saturated rings. The van der Waals surface area contributed by atoms with E-state index < -0.39 is 0 Å². The standard InChI is InChI=1S/C10H17N5O/c1-11-8-6-15(7-9(12-2)16-8)10-13-4-3-5-14-10/h3-5,8-9,11-12H,6-7H2,1-2H3/t8-,9+. The summed E-state index contributed by atoms with van der Waals surface area (Å²) in [4.78, 5) is 10.6. The molecule has 2 heterocycles. The first kappa shape index (κ1) is 11.3. The fourth-order valence-corrected chi connectivity index (χ4v) is 1.70. The normalized spacial score (nSPS) is 25.8. The van der Waals surface area contributed by atoms with Crippen LogP contribution in [0, 0.1) is 0 Å². The summed E-state index contributed by atoms with van der Waals surface area (Å²) >= 11 is 0. The van der Waals surface area contributed by atoms with Gasteiger partial charge in [-0.1, -0.05) is 0 Å². The van der Waals surface area contributed by atoms with Crippen LogP contribution in [0.25, 0.3) is 0 Å². The van der Waals surface area contributed by atoms with Crippen molar-refractivity contribution < 1.29 is 4.74 Å². The van der Waals surface area contributed by atoms with Gasteiger partial charge >= 0.3 is 0 Å². The van der Waals surface area contributed by atoms with Crippen LogP contribution in [-0.2, 0) is 4.74 Å². The number of ether oxygens (including phenoxy) is 1. The van der Waals surface area contributed by atoms with Crippen LogP contribution in [0.4, 0.5) is 5.95 Å². The second-order valence-corrected chi connectivity index (χ2v) is 3.64. The monoisotopic (exact) mass is 223 g/mol. The van der Waals surface area contributed by atoms with Gasteiger partial charge in [0.15, 0.2) is 0 Å². The number of anilines is 1. The quantitative estimate of drug-likeness (QED) is 0.714. The molecule has 1 saturated heterocycles. The highest BCUT2D eigenvalue weighted by atomic mass is 16.5. The van der Waals surface area contributed by atoms with Gasteiger partial charge in [0.05, 0.1) is 13.1 Å². The summed E-state index contributed by atoms with van der Waals surface area (Å²) < 4.78 is 5.72. The minimum absolute atomic E-state index is 0.00462. The molecule has 0 bridgehead atoms. The Balaban J connectivity index is 2.09. The smallest absolute Gasteiger partial charge is 0.225 e. The summed E-state index contributed by atoms with van der Waals surface area (Å²) in [5.41, 5.74) is 0. The van der Waals surface area contributed by atoms with Crippen LogP contribution in [0.5, 0.6) is 0 Å². The molecule has 0 amide bonds. The number of hydrogen-bond acceptors (Lipinski definition) is 6. The number of nitrogens with zero attached hydrogens (tertiary/aromatic N) is 3. The third kappa shape index (κ3) is 2.46. The molecule has 16 heavy (non-hydrogen) atoms. The van der Waals surface area contributed by atoms with Gasteiger partial charge in [0.1, 0.15) is 12.5 Å². The van der Waals surface area contributed by atoms with E-state index in [-0.39, 0.29) is 12.5 Å². The third-order valence-corrected chi connectivity index (χ3v) is 2.58. The van der Waals surface area contributed by atoms with E-state index in [0.29, 0.717) is 0 Å². The third-order valence-electron chi connectivity index (χ3n) is 2.58. The van der Waals surface area contributed by atoms with Crippen LogP contribution < -0.4 is 15.5 Å². The maximum absolute atomic E-state index is 5.72. The molecule has 0 spiro atoms. The van der Waals surface area contributed by atoms with Crippen molar-refractivity contribution in [1.82, 2.24) is 20.6 Å². The van der Waals surface area contributed by atoms with Crippen molar-refractivity contribution in [1.29, 1.82) is 0 Å². The topological polar surface area (TPSA) is 62.3 Å². The molecule has 0 saturated carbocycles. The molecule has 88 valence electrons. The molecule has 0 aliphatic carbocycles. The van der Waals surface area contributed by atoms with Crippen molar-refractivity contribution in [3.05, 3.63) is 18.5 Å². The Bertz CT molecular complexity index is 308. The average molecular weight is 223 g/mol. The number of rotatable bonds is 3. The molecule has 1 aliphatic heterocycles. The molecule has 6 nitrogen and oxygen atoms in total. The fourth-order valence-electron chi connectivity index (χ4n) is 1.70. The largest absolute Gasteiger partial charge is 0.342 e. The summed E-state index contributed by atoms with van der Waals surface area (Å²) in [7, 11) is 3.76. The Morgan fingerprint density at radius 2 is 1.75 bits per heavy atom. The summed E-state index contributed by atoms with van der Waals surface area (Å²) in [6, 6.07) is 1.81. The van der Waals surface area contributed by atoms with Crippen LogP contribution in [-0.4, -0.2) is 49.6 Å². The van der Waals surface area contributed by atoms with Crippen LogP contribution >= 0.6 is 0 Å². The molecule has 1 aromatic heterocycles. The maximum Gasteiger partial charge on any atom is 0.225 e. The Morgan fingerprint density at radius 1 is 1.19 bits per heavy atom. The summed E-state index contributed by atoms with van der Waals surface area (Å²) in [6.07, 6.45) is 3.49. The lowest BCUT2D eigenvalue weighted by Gasteiger charge is -2.37. The van der Waals surface area contributed by atoms with E-state index in [4.69, 9.17) is 4.74 Å². The number of morpholine rings is 1. The van der Waals surface area contributed by atoms with E-state index in [1.54, 1.807) is 12.4 Å². The lowest BCUT2D eigenvalue weighted by atomic mass is 10.3. The van der Waals surface area contributed by atoms with Gasteiger partial charge in [0.2, 0.25) is 5.95 Å². The van der Waals surface area contributed by atoms with E-state index in [1.807, 2.05) is 20.2 Å². The molecule has 2 atom stereocenters. The van der Waals surface area contributed by atoms with E-state index in [1.165, 1.54) is 0 Å². The zero-order valence-electron chi connectivity index (χ0n) is 9.55. The Hall–Kier alpha value is -1.24. The SMILES string of the molecule is CN[C@H]1CN(c2ncccn2)C[C@@H](NC)O1. The number of aromatic nitrogens is 2. The minimum atomic E-state index is -0.00462. The highest BCUT2D eigenvalue weighted by Crippen LogP contribution is 2.13. The Kier molecular flexibility index (Phi) is 3.66. The first-order valence-corrected chi connectivity index (χ1v) is 5.35. The predicted molar refractivity (Wildman–Crippen MR) is 61.0 cm³/mol. The highest BCUT2D eigenvalue weighted by molar-refractivity contribution is 5.29. The summed E-state index contributed by atoms with van der Waals surface area (Å²) in [6.45, 7) is 1.50. The summed E-state index contributed by atoms with van der Waals surface area (Å²) in [5.74, 6) is 0.742. The van der Waals surface area contributed by atoms with Crippen molar-refractivity contribution >= 4 is 5.95 Å². The second-order valence-electron chi connectivity index (χ2n) is 3.64. The molecular formula is C10H17N5O. The Labute approximate surface area is 95.0 Å². The van der Waals surface area contributed by atoms with Gasteiger partial charge in [-0.3, -0.25) is 10.6 Å². The lowest BCUT2D eigenvalue weighted by molar-refractivity contribution is -0.0520. The van der Waals surface area contributed by atoms with E-state index in [9.17, 15) is 0 Å². The second kappa shape index (κ2) is 5.20. The molecule has 1 aromatic rings. The number of nitrogens with one attached hydrogen (secondary N) is 2. The molecule has 0 unspecified atom stereocenters. The van der Waals surface area contributed by atoms with Crippen LogP contribution in [0.3, 0.4) is 0 Å². The molecule has 0 radical (unpaired) electrons. The predicted octanol–water partition coefficient (Wildman–Crippen LogP) is -0.596. The first-order valence-electron chi connectivity index (χ1n) is 5.35. The molecule has 2 rings (SSSR count). The Morgan fingerprint density at radius 3 is 2.25 bits per heavy atom. The average Bonchev–Trinajstić information content (AvgIpc) is 2.39. The van der Waals surface area contributed by atoms with Crippen molar-refractivity contribution in [2.45, 2.75) is 12.5 Å². The van der Waals surface area contributed by atoms with Crippen molar-refractivity contribution in [3.63, 3.8) is 0 Å². The molecular weight excluding hydrogens is 206 g/mol.